The molecule has 1 aromatic carbocycles. The molecule has 1 saturated carbocycles. The maximum atomic E-state index is 13.4. The Morgan fingerprint density at radius 2 is 1.90 bits per heavy atom. The third kappa shape index (κ3) is 2.10. The molecule has 1 saturated heterocycles. The number of hydrogen-bond acceptors (Lipinski definition) is 2. The van der Waals surface area contributed by atoms with Crippen molar-refractivity contribution < 1.29 is 13.6 Å². The van der Waals surface area contributed by atoms with E-state index in [9.17, 15) is 13.6 Å². The van der Waals surface area contributed by atoms with Gasteiger partial charge < -0.3 is 4.90 Å². The summed E-state index contributed by atoms with van der Waals surface area (Å²) in [6.07, 6.45) is 1.59. The van der Waals surface area contributed by atoms with E-state index in [0.29, 0.717) is 11.5 Å². The van der Waals surface area contributed by atoms with Crippen LogP contribution in [0.2, 0.25) is 0 Å². The summed E-state index contributed by atoms with van der Waals surface area (Å²) in [6.45, 7) is 3.96. The summed E-state index contributed by atoms with van der Waals surface area (Å²) >= 11 is 0. The van der Waals surface area contributed by atoms with E-state index in [1.54, 1.807) is 11.8 Å². The SMILES string of the molecule is CC1CC(N2C(=O)C(C)NC2c2ccc(F)c(F)c2)C1. The third-order valence-electron chi connectivity index (χ3n) is 4.31. The van der Waals surface area contributed by atoms with Crippen molar-refractivity contribution >= 4 is 5.91 Å². The number of carbonyl (C=O) groups is 1. The highest BCUT2D eigenvalue weighted by Gasteiger charge is 2.44. The van der Waals surface area contributed by atoms with Crippen molar-refractivity contribution in [3.8, 4) is 0 Å². The summed E-state index contributed by atoms with van der Waals surface area (Å²) in [5.74, 6) is -1.08. The van der Waals surface area contributed by atoms with Crippen molar-refractivity contribution in [3.05, 3.63) is 35.4 Å². The van der Waals surface area contributed by atoms with Crippen LogP contribution < -0.4 is 5.32 Å². The molecule has 2 unspecified atom stereocenters. The molecular weight excluding hydrogens is 262 g/mol. The molecule has 0 aromatic heterocycles. The number of rotatable bonds is 2. The standard InChI is InChI=1S/C15H18F2N2O/c1-8-5-11(6-8)19-14(18-9(2)15(19)20)10-3-4-12(16)13(17)7-10/h3-4,7-9,11,14,18H,5-6H2,1-2H3. The molecule has 0 bridgehead atoms. The number of hydrogen-bond donors (Lipinski definition) is 1. The van der Waals surface area contributed by atoms with Crippen molar-refractivity contribution in [1.82, 2.24) is 10.2 Å². The van der Waals surface area contributed by atoms with E-state index in [4.69, 9.17) is 0 Å². The van der Waals surface area contributed by atoms with Crippen LogP contribution in [-0.4, -0.2) is 22.9 Å². The second-order valence-electron chi connectivity index (χ2n) is 5.94. The number of benzene rings is 1. The Morgan fingerprint density at radius 1 is 1.20 bits per heavy atom. The molecule has 5 heteroatoms. The molecule has 20 heavy (non-hydrogen) atoms. The van der Waals surface area contributed by atoms with Crippen LogP contribution in [0.15, 0.2) is 18.2 Å². The minimum atomic E-state index is -0.877. The van der Waals surface area contributed by atoms with Gasteiger partial charge in [-0.15, -0.1) is 0 Å². The Labute approximate surface area is 117 Å². The Bertz CT molecular complexity index is 543. The van der Waals surface area contributed by atoms with Crippen LogP contribution in [0.1, 0.15) is 38.4 Å². The number of nitrogens with one attached hydrogen (secondary N) is 1. The van der Waals surface area contributed by atoms with Crippen LogP contribution in [-0.2, 0) is 4.79 Å². The fourth-order valence-corrected chi connectivity index (χ4v) is 3.16. The third-order valence-corrected chi connectivity index (χ3v) is 4.31. The van der Waals surface area contributed by atoms with E-state index in [2.05, 4.69) is 12.2 Å². The van der Waals surface area contributed by atoms with Gasteiger partial charge in [-0.25, -0.2) is 8.78 Å². The molecule has 3 nitrogen and oxygen atoms in total. The van der Waals surface area contributed by atoms with Gasteiger partial charge in [0.15, 0.2) is 11.6 Å². The zero-order chi connectivity index (χ0) is 14.4. The normalized spacial score (nSPS) is 33.4. The van der Waals surface area contributed by atoms with Crippen LogP contribution in [0.3, 0.4) is 0 Å². The molecule has 1 aliphatic heterocycles. The van der Waals surface area contributed by atoms with Gasteiger partial charge >= 0.3 is 0 Å². The number of halogens is 2. The lowest BCUT2D eigenvalue weighted by Gasteiger charge is -2.42. The van der Waals surface area contributed by atoms with Crippen molar-refractivity contribution in [2.45, 2.75) is 44.9 Å². The topological polar surface area (TPSA) is 32.3 Å². The van der Waals surface area contributed by atoms with Crippen LogP contribution >= 0.6 is 0 Å². The molecule has 108 valence electrons. The van der Waals surface area contributed by atoms with E-state index in [0.717, 1.165) is 18.9 Å². The summed E-state index contributed by atoms with van der Waals surface area (Å²) in [5, 5.41) is 3.17. The van der Waals surface area contributed by atoms with Gasteiger partial charge in [0.1, 0.15) is 6.17 Å². The lowest BCUT2D eigenvalue weighted by molar-refractivity contribution is -0.134. The molecular formula is C15H18F2N2O. The molecule has 1 aliphatic carbocycles. The summed E-state index contributed by atoms with van der Waals surface area (Å²) in [5.41, 5.74) is 0.598. The average Bonchev–Trinajstić information content (AvgIpc) is 2.66. The van der Waals surface area contributed by atoms with Gasteiger partial charge in [0.25, 0.3) is 0 Å². The quantitative estimate of drug-likeness (QED) is 0.903. The predicted octanol–water partition coefficient (Wildman–Crippen LogP) is 2.58. The zero-order valence-corrected chi connectivity index (χ0v) is 11.6. The molecule has 0 spiro atoms. The zero-order valence-electron chi connectivity index (χ0n) is 11.6. The Kier molecular flexibility index (Phi) is 3.24. The minimum Gasteiger partial charge on any atom is -0.319 e. The van der Waals surface area contributed by atoms with Crippen LogP contribution in [0.5, 0.6) is 0 Å². The molecule has 1 heterocycles. The van der Waals surface area contributed by atoms with Crippen molar-refractivity contribution in [1.29, 1.82) is 0 Å². The first-order chi connectivity index (χ1) is 9.47. The van der Waals surface area contributed by atoms with E-state index < -0.39 is 11.6 Å². The van der Waals surface area contributed by atoms with Crippen molar-refractivity contribution in [2.75, 3.05) is 0 Å². The summed E-state index contributed by atoms with van der Waals surface area (Å²) in [4.78, 5) is 14.1. The van der Waals surface area contributed by atoms with Gasteiger partial charge in [-0.1, -0.05) is 13.0 Å². The molecule has 1 N–H and O–H groups in total. The monoisotopic (exact) mass is 280 g/mol. The van der Waals surface area contributed by atoms with Crippen LogP contribution in [0, 0.1) is 17.6 Å². The van der Waals surface area contributed by atoms with Gasteiger partial charge in [-0.05, 0) is 43.4 Å². The van der Waals surface area contributed by atoms with Gasteiger partial charge in [0, 0.05) is 6.04 Å². The highest BCUT2D eigenvalue weighted by Crippen LogP contribution is 2.38. The number of nitrogens with zero attached hydrogens (tertiary/aromatic N) is 1. The van der Waals surface area contributed by atoms with Crippen molar-refractivity contribution in [3.63, 3.8) is 0 Å². The molecule has 1 amide bonds. The second kappa shape index (κ2) is 4.81. The fraction of sp³-hybridized carbons (Fsp3) is 0.533. The minimum absolute atomic E-state index is 0.0385. The first-order valence-corrected chi connectivity index (χ1v) is 7.00. The molecule has 2 aliphatic rings. The smallest absolute Gasteiger partial charge is 0.241 e. The Morgan fingerprint density at radius 3 is 2.50 bits per heavy atom. The summed E-state index contributed by atoms with van der Waals surface area (Å²) in [7, 11) is 0. The first kappa shape index (κ1) is 13.5. The molecule has 0 radical (unpaired) electrons. The van der Waals surface area contributed by atoms with Gasteiger partial charge in [0.05, 0.1) is 6.04 Å². The Hall–Kier alpha value is -1.49. The second-order valence-corrected chi connectivity index (χ2v) is 5.94. The fourth-order valence-electron chi connectivity index (χ4n) is 3.16. The molecule has 2 atom stereocenters. The maximum Gasteiger partial charge on any atom is 0.241 e. The van der Waals surface area contributed by atoms with Gasteiger partial charge in [0.2, 0.25) is 5.91 Å². The lowest BCUT2D eigenvalue weighted by atomic mass is 9.80. The van der Waals surface area contributed by atoms with Gasteiger partial charge in [-0.2, -0.15) is 0 Å². The predicted molar refractivity (Wildman–Crippen MR) is 70.7 cm³/mol. The largest absolute Gasteiger partial charge is 0.319 e. The van der Waals surface area contributed by atoms with E-state index >= 15 is 0 Å². The molecule has 1 aromatic rings. The lowest BCUT2D eigenvalue weighted by Crippen LogP contribution is -2.47. The number of amides is 1. The first-order valence-electron chi connectivity index (χ1n) is 7.00. The summed E-state index contributed by atoms with van der Waals surface area (Å²) in [6, 6.07) is 3.74. The van der Waals surface area contributed by atoms with E-state index in [1.807, 2.05) is 0 Å². The molecule has 2 fully saturated rings. The van der Waals surface area contributed by atoms with E-state index in [1.165, 1.54) is 12.1 Å². The van der Waals surface area contributed by atoms with Crippen molar-refractivity contribution in [2.24, 2.45) is 5.92 Å². The number of carbonyl (C=O) groups excluding carboxylic acids is 1. The maximum absolute atomic E-state index is 13.4. The summed E-state index contributed by atoms with van der Waals surface area (Å²) < 4.78 is 26.5. The highest BCUT2D eigenvalue weighted by molar-refractivity contribution is 5.84. The van der Waals surface area contributed by atoms with Gasteiger partial charge in [-0.3, -0.25) is 10.1 Å². The van der Waals surface area contributed by atoms with Crippen LogP contribution in [0.25, 0.3) is 0 Å². The highest BCUT2D eigenvalue weighted by atomic mass is 19.2. The average molecular weight is 280 g/mol. The van der Waals surface area contributed by atoms with E-state index in [-0.39, 0.29) is 24.2 Å². The van der Waals surface area contributed by atoms with Crippen LogP contribution in [0.4, 0.5) is 8.78 Å². The Balaban J connectivity index is 1.89. The molecule has 3 rings (SSSR count).